The number of nitrogens with zero attached hydrogens (tertiary/aromatic N) is 1. The summed E-state index contributed by atoms with van der Waals surface area (Å²) in [5.41, 5.74) is 5.62. The summed E-state index contributed by atoms with van der Waals surface area (Å²) in [6, 6.07) is 0.588. The van der Waals surface area contributed by atoms with E-state index in [4.69, 9.17) is 5.73 Å². The Bertz CT molecular complexity index is 293. The summed E-state index contributed by atoms with van der Waals surface area (Å²) in [4.78, 5) is 14.1. The minimum Gasteiger partial charge on any atom is -0.368 e. The number of nitrogens with two attached hydrogens (primary N) is 1. The van der Waals surface area contributed by atoms with Crippen LogP contribution in [0.4, 0.5) is 0 Å². The zero-order chi connectivity index (χ0) is 16.2. The predicted molar refractivity (Wildman–Crippen MR) is 94.8 cm³/mol. The number of likely N-dealkylation sites (tertiary alicyclic amines) is 1. The van der Waals surface area contributed by atoms with E-state index in [0.717, 1.165) is 19.4 Å². The first-order valence-electron chi connectivity index (χ1n) is 9.75. The Morgan fingerprint density at radius 1 is 1.00 bits per heavy atom. The van der Waals surface area contributed by atoms with Crippen LogP contribution in [0.25, 0.3) is 0 Å². The minimum absolute atomic E-state index is 0.00631. The molecule has 3 nitrogen and oxygen atoms in total. The van der Waals surface area contributed by atoms with Gasteiger partial charge in [-0.2, -0.15) is 0 Å². The molecule has 0 aromatic rings. The van der Waals surface area contributed by atoms with Gasteiger partial charge >= 0.3 is 0 Å². The van der Waals surface area contributed by atoms with Crippen LogP contribution in [0.3, 0.4) is 0 Å². The SMILES string of the molecule is CCCCCCCC(CCCCCC)N1CCC[C@H]1C(N)=O. The van der Waals surface area contributed by atoms with Crippen LogP contribution in [0.2, 0.25) is 0 Å². The maximum atomic E-state index is 11.7. The second kappa shape index (κ2) is 11.9. The third-order valence-electron chi connectivity index (χ3n) is 5.12. The van der Waals surface area contributed by atoms with Gasteiger partial charge in [-0.15, -0.1) is 0 Å². The van der Waals surface area contributed by atoms with Crippen molar-refractivity contribution in [1.29, 1.82) is 0 Å². The monoisotopic (exact) mass is 310 g/mol. The molecule has 1 aliphatic rings. The number of carbonyl (C=O) groups excluding carboxylic acids is 1. The number of amides is 1. The number of unbranched alkanes of at least 4 members (excludes halogenated alkanes) is 7. The van der Waals surface area contributed by atoms with Crippen LogP contribution in [0.15, 0.2) is 0 Å². The van der Waals surface area contributed by atoms with E-state index in [-0.39, 0.29) is 11.9 Å². The number of primary amides is 1. The van der Waals surface area contributed by atoms with Gasteiger partial charge in [0, 0.05) is 6.04 Å². The average Bonchev–Trinajstić information content (AvgIpc) is 2.99. The van der Waals surface area contributed by atoms with Crippen LogP contribution in [-0.2, 0) is 4.79 Å². The number of hydrogen-bond acceptors (Lipinski definition) is 2. The molecule has 0 saturated carbocycles. The van der Waals surface area contributed by atoms with E-state index in [9.17, 15) is 4.79 Å². The molecule has 2 atom stereocenters. The molecular formula is C19H38N2O. The second-order valence-corrected chi connectivity index (χ2v) is 7.00. The van der Waals surface area contributed by atoms with Crippen LogP contribution in [0, 0.1) is 0 Å². The van der Waals surface area contributed by atoms with Gasteiger partial charge in [-0.25, -0.2) is 0 Å². The minimum atomic E-state index is -0.109. The molecular weight excluding hydrogens is 272 g/mol. The number of hydrogen-bond donors (Lipinski definition) is 1. The molecule has 1 unspecified atom stereocenters. The molecule has 1 rings (SSSR count). The zero-order valence-corrected chi connectivity index (χ0v) is 15.0. The van der Waals surface area contributed by atoms with Crippen molar-refractivity contribution in [3.05, 3.63) is 0 Å². The molecule has 1 amide bonds. The van der Waals surface area contributed by atoms with Gasteiger partial charge in [-0.3, -0.25) is 9.69 Å². The van der Waals surface area contributed by atoms with E-state index in [1.807, 2.05) is 0 Å². The Kier molecular flexibility index (Phi) is 10.6. The first-order valence-corrected chi connectivity index (χ1v) is 9.75. The largest absolute Gasteiger partial charge is 0.368 e. The van der Waals surface area contributed by atoms with E-state index < -0.39 is 0 Å². The van der Waals surface area contributed by atoms with Gasteiger partial charge in [-0.1, -0.05) is 71.6 Å². The first kappa shape index (κ1) is 19.5. The van der Waals surface area contributed by atoms with Crippen molar-refractivity contribution in [3.63, 3.8) is 0 Å². The summed E-state index contributed by atoms with van der Waals surface area (Å²) in [5, 5.41) is 0. The summed E-state index contributed by atoms with van der Waals surface area (Å²) in [5.74, 6) is -0.109. The van der Waals surface area contributed by atoms with Crippen LogP contribution in [0.1, 0.15) is 97.3 Å². The highest BCUT2D eigenvalue weighted by Crippen LogP contribution is 2.26. The Hall–Kier alpha value is -0.570. The molecule has 3 heteroatoms. The summed E-state index contributed by atoms with van der Waals surface area (Å²) < 4.78 is 0. The van der Waals surface area contributed by atoms with Crippen molar-refractivity contribution in [2.45, 2.75) is 109 Å². The van der Waals surface area contributed by atoms with Crippen LogP contribution in [-0.4, -0.2) is 29.4 Å². The van der Waals surface area contributed by atoms with Crippen molar-refractivity contribution >= 4 is 5.91 Å². The Balaban J connectivity index is 2.43. The van der Waals surface area contributed by atoms with Crippen molar-refractivity contribution in [2.24, 2.45) is 5.73 Å². The fourth-order valence-electron chi connectivity index (χ4n) is 3.80. The summed E-state index contributed by atoms with van der Waals surface area (Å²) >= 11 is 0. The van der Waals surface area contributed by atoms with E-state index in [0.29, 0.717) is 6.04 Å². The van der Waals surface area contributed by atoms with Gasteiger partial charge in [0.15, 0.2) is 0 Å². The van der Waals surface area contributed by atoms with Gasteiger partial charge in [0.05, 0.1) is 6.04 Å². The van der Waals surface area contributed by atoms with E-state index in [2.05, 4.69) is 18.7 Å². The molecule has 1 fully saturated rings. The van der Waals surface area contributed by atoms with E-state index >= 15 is 0 Å². The van der Waals surface area contributed by atoms with Crippen molar-refractivity contribution in [1.82, 2.24) is 4.90 Å². The van der Waals surface area contributed by atoms with E-state index in [1.54, 1.807) is 0 Å². The summed E-state index contributed by atoms with van der Waals surface area (Å²) in [6.07, 6.45) is 16.5. The molecule has 0 radical (unpaired) electrons. The lowest BCUT2D eigenvalue weighted by atomic mass is 9.98. The molecule has 0 aliphatic carbocycles. The molecule has 1 heterocycles. The quantitative estimate of drug-likeness (QED) is 0.504. The van der Waals surface area contributed by atoms with Gasteiger partial charge in [-0.05, 0) is 32.2 Å². The highest BCUT2D eigenvalue weighted by Gasteiger charge is 2.33. The molecule has 0 spiro atoms. The zero-order valence-electron chi connectivity index (χ0n) is 15.0. The van der Waals surface area contributed by atoms with Crippen LogP contribution < -0.4 is 5.73 Å². The average molecular weight is 311 g/mol. The topological polar surface area (TPSA) is 46.3 Å². The van der Waals surface area contributed by atoms with Crippen LogP contribution in [0.5, 0.6) is 0 Å². The lowest BCUT2D eigenvalue weighted by Gasteiger charge is -2.32. The van der Waals surface area contributed by atoms with Gasteiger partial charge in [0.25, 0.3) is 0 Å². The number of rotatable bonds is 13. The third kappa shape index (κ3) is 7.13. The fourth-order valence-corrected chi connectivity index (χ4v) is 3.80. The standard InChI is InChI=1S/C19H38N2O/c1-3-5-7-9-11-14-17(13-10-8-6-4-2)21-16-12-15-18(21)19(20)22/h17-18H,3-16H2,1-2H3,(H2,20,22)/t17?,18-/m0/s1. The molecule has 1 saturated heterocycles. The van der Waals surface area contributed by atoms with Gasteiger partial charge in [0.1, 0.15) is 0 Å². The molecule has 2 N–H and O–H groups in total. The molecule has 0 aromatic carbocycles. The Morgan fingerprint density at radius 3 is 2.09 bits per heavy atom. The molecule has 0 aromatic heterocycles. The number of carbonyl (C=O) groups is 1. The second-order valence-electron chi connectivity index (χ2n) is 7.00. The molecule has 130 valence electrons. The third-order valence-corrected chi connectivity index (χ3v) is 5.12. The highest BCUT2D eigenvalue weighted by atomic mass is 16.1. The molecule has 22 heavy (non-hydrogen) atoms. The predicted octanol–water partition coefficient (Wildman–Crippen LogP) is 4.64. The smallest absolute Gasteiger partial charge is 0.234 e. The molecule has 1 aliphatic heterocycles. The van der Waals surface area contributed by atoms with Crippen molar-refractivity contribution in [2.75, 3.05) is 6.54 Å². The maximum absolute atomic E-state index is 11.7. The Morgan fingerprint density at radius 2 is 1.55 bits per heavy atom. The van der Waals surface area contributed by atoms with Crippen molar-refractivity contribution in [3.8, 4) is 0 Å². The Labute approximate surface area is 138 Å². The van der Waals surface area contributed by atoms with Gasteiger partial charge < -0.3 is 5.73 Å². The summed E-state index contributed by atoms with van der Waals surface area (Å²) in [7, 11) is 0. The highest BCUT2D eigenvalue weighted by molar-refractivity contribution is 5.80. The van der Waals surface area contributed by atoms with E-state index in [1.165, 1.54) is 70.6 Å². The summed E-state index contributed by atoms with van der Waals surface area (Å²) in [6.45, 7) is 5.59. The molecule has 0 bridgehead atoms. The van der Waals surface area contributed by atoms with Crippen LogP contribution >= 0.6 is 0 Å². The lowest BCUT2D eigenvalue weighted by Crippen LogP contribution is -2.46. The lowest BCUT2D eigenvalue weighted by molar-refractivity contribution is -0.123. The fraction of sp³-hybridized carbons (Fsp3) is 0.947. The van der Waals surface area contributed by atoms with Gasteiger partial charge in [0.2, 0.25) is 5.91 Å². The van der Waals surface area contributed by atoms with Crippen molar-refractivity contribution < 1.29 is 4.79 Å². The maximum Gasteiger partial charge on any atom is 0.234 e. The first-order chi connectivity index (χ1) is 10.7. The normalized spacial score (nSPS) is 20.4.